The van der Waals surface area contributed by atoms with Crippen molar-refractivity contribution in [3.63, 3.8) is 0 Å². The summed E-state index contributed by atoms with van der Waals surface area (Å²) in [6, 6.07) is 5.74. The Morgan fingerprint density at radius 2 is 2.23 bits per heavy atom. The molecule has 7 nitrogen and oxygen atoms in total. The molecule has 0 saturated heterocycles. The molecule has 1 aromatic carbocycles. The van der Waals surface area contributed by atoms with Crippen LogP contribution in [0.5, 0.6) is 0 Å². The van der Waals surface area contributed by atoms with E-state index in [1.54, 1.807) is 16.9 Å². The number of nitrogens with zero attached hydrogens (tertiary/aromatic N) is 4. The molecule has 0 unspecified atom stereocenters. The Morgan fingerprint density at radius 1 is 1.36 bits per heavy atom. The Bertz CT molecular complexity index is 865. The van der Waals surface area contributed by atoms with Crippen LogP contribution in [0.15, 0.2) is 30.6 Å². The second kappa shape index (κ2) is 4.27. The second-order valence-electron chi connectivity index (χ2n) is 5.71. The van der Waals surface area contributed by atoms with Gasteiger partial charge in [-0.05, 0) is 31.5 Å². The second-order valence-corrected chi connectivity index (χ2v) is 5.71. The van der Waals surface area contributed by atoms with Crippen LogP contribution in [0.1, 0.15) is 19.4 Å². The molecule has 3 heterocycles. The Labute approximate surface area is 126 Å². The van der Waals surface area contributed by atoms with Gasteiger partial charge in [0, 0.05) is 23.8 Å². The maximum atomic E-state index is 12.0. The van der Waals surface area contributed by atoms with E-state index in [1.165, 1.54) is 0 Å². The van der Waals surface area contributed by atoms with E-state index in [9.17, 15) is 4.79 Å². The quantitative estimate of drug-likeness (QED) is 0.754. The summed E-state index contributed by atoms with van der Waals surface area (Å²) in [5.74, 6) is 0.457. The molecular weight excluding hydrogens is 280 g/mol. The van der Waals surface area contributed by atoms with Crippen molar-refractivity contribution in [2.45, 2.75) is 19.3 Å². The van der Waals surface area contributed by atoms with Gasteiger partial charge in [0.2, 0.25) is 11.9 Å². The fourth-order valence-electron chi connectivity index (χ4n) is 2.55. The van der Waals surface area contributed by atoms with E-state index in [4.69, 9.17) is 0 Å². The number of fused-ring (bicyclic) bond motifs is 2. The topological polar surface area (TPSA) is 84.2 Å². The van der Waals surface area contributed by atoms with Gasteiger partial charge in [0.15, 0.2) is 5.65 Å². The Morgan fingerprint density at radius 3 is 3.05 bits per heavy atom. The van der Waals surface area contributed by atoms with Crippen LogP contribution < -0.4 is 10.6 Å². The number of nitrogens with one attached hydrogen (secondary N) is 2. The lowest BCUT2D eigenvalue weighted by atomic mass is 9.86. The molecule has 22 heavy (non-hydrogen) atoms. The van der Waals surface area contributed by atoms with E-state index in [0.29, 0.717) is 11.6 Å². The molecule has 1 aliphatic heterocycles. The first-order valence-electron chi connectivity index (χ1n) is 6.86. The predicted octanol–water partition coefficient (Wildman–Crippen LogP) is 1.90. The summed E-state index contributed by atoms with van der Waals surface area (Å²) < 4.78 is 1.59. The lowest BCUT2D eigenvalue weighted by Crippen LogP contribution is -2.26. The zero-order valence-corrected chi connectivity index (χ0v) is 12.1. The van der Waals surface area contributed by atoms with Crippen LogP contribution in [0, 0.1) is 6.20 Å². The average Bonchev–Trinajstić information content (AvgIpc) is 2.98. The molecule has 0 bridgehead atoms. The van der Waals surface area contributed by atoms with E-state index in [1.807, 2.05) is 32.0 Å². The number of hydrogen-bond acceptors (Lipinski definition) is 5. The van der Waals surface area contributed by atoms with Crippen LogP contribution in [0.4, 0.5) is 17.3 Å². The first-order valence-corrected chi connectivity index (χ1v) is 6.86. The van der Waals surface area contributed by atoms with E-state index in [-0.39, 0.29) is 5.91 Å². The number of benzene rings is 1. The largest absolute Gasteiger partial charge is 0.325 e. The number of aromatic nitrogens is 4. The van der Waals surface area contributed by atoms with Crippen molar-refractivity contribution in [1.82, 2.24) is 19.6 Å². The van der Waals surface area contributed by atoms with E-state index in [0.717, 1.165) is 16.9 Å². The molecule has 1 amide bonds. The van der Waals surface area contributed by atoms with Gasteiger partial charge in [0.05, 0.1) is 5.41 Å². The number of carbonyl (C=O) groups excluding carboxylic acids is 1. The van der Waals surface area contributed by atoms with Crippen molar-refractivity contribution in [2.75, 3.05) is 10.6 Å². The Balaban J connectivity index is 1.67. The SMILES string of the molecule is CC1(C)C(=O)Nc2cc(Nc3nc4[c]nccn4n3)ccc21. The van der Waals surface area contributed by atoms with E-state index < -0.39 is 5.41 Å². The molecule has 2 N–H and O–H groups in total. The third kappa shape index (κ3) is 1.82. The Kier molecular flexibility index (Phi) is 2.47. The highest BCUT2D eigenvalue weighted by Gasteiger charge is 2.38. The van der Waals surface area contributed by atoms with Crippen molar-refractivity contribution < 1.29 is 4.79 Å². The summed E-state index contributed by atoms with van der Waals surface area (Å²) in [6.45, 7) is 3.82. The number of rotatable bonds is 2. The molecule has 0 fully saturated rings. The van der Waals surface area contributed by atoms with Gasteiger partial charge in [0.1, 0.15) is 6.20 Å². The van der Waals surface area contributed by atoms with Gasteiger partial charge in [-0.2, -0.15) is 4.98 Å². The van der Waals surface area contributed by atoms with Gasteiger partial charge < -0.3 is 10.6 Å². The Hall–Kier alpha value is -2.96. The lowest BCUT2D eigenvalue weighted by Gasteiger charge is -2.14. The normalized spacial score (nSPS) is 15.6. The van der Waals surface area contributed by atoms with Crippen molar-refractivity contribution in [1.29, 1.82) is 0 Å². The molecule has 1 aliphatic rings. The number of hydrogen-bond donors (Lipinski definition) is 2. The molecule has 1 radical (unpaired) electrons. The summed E-state index contributed by atoms with van der Waals surface area (Å²) in [6.07, 6.45) is 6.06. The third-order valence-corrected chi connectivity index (χ3v) is 3.84. The standard InChI is InChI=1S/C15H13N6O/c1-15(2)10-4-3-9(7-11(10)18-13(15)22)17-14-19-12-8-16-5-6-21(12)20-14/h3-7H,1-2H3,(H,17,20)(H,18,22). The lowest BCUT2D eigenvalue weighted by molar-refractivity contribution is -0.119. The van der Waals surface area contributed by atoms with Crippen LogP contribution >= 0.6 is 0 Å². The predicted molar refractivity (Wildman–Crippen MR) is 81.0 cm³/mol. The molecule has 2 aromatic heterocycles. The van der Waals surface area contributed by atoms with Crippen molar-refractivity contribution >= 4 is 28.9 Å². The highest BCUT2D eigenvalue weighted by atomic mass is 16.2. The fourth-order valence-corrected chi connectivity index (χ4v) is 2.55. The molecule has 7 heteroatoms. The van der Waals surface area contributed by atoms with Crippen molar-refractivity contribution in [2.24, 2.45) is 0 Å². The number of anilines is 3. The minimum absolute atomic E-state index is 0.00572. The first kappa shape index (κ1) is 12.8. The van der Waals surface area contributed by atoms with Crippen molar-refractivity contribution in [3.8, 4) is 0 Å². The van der Waals surface area contributed by atoms with Crippen LogP contribution in [0.25, 0.3) is 5.65 Å². The molecule has 109 valence electrons. The smallest absolute Gasteiger partial charge is 0.247 e. The molecule has 0 aliphatic carbocycles. The van der Waals surface area contributed by atoms with Gasteiger partial charge in [-0.25, -0.2) is 9.50 Å². The van der Waals surface area contributed by atoms with Gasteiger partial charge >= 0.3 is 0 Å². The maximum Gasteiger partial charge on any atom is 0.247 e. The van der Waals surface area contributed by atoms with Crippen LogP contribution in [0.2, 0.25) is 0 Å². The zero-order chi connectivity index (χ0) is 15.3. The molecule has 0 atom stereocenters. The van der Waals surface area contributed by atoms with Crippen LogP contribution in [-0.4, -0.2) is 25.5 Å². The minimum Gasteiger partial charge on any atom is -0.325 e. The van der Waals surface area contributed by atoms with Gasteiger partial charge in [-0.15, -0.1) is 5.10 Å². The first-order chi connectivity index (χ1) is 10.5. The average molecular weight is 293 g/mol. The summed E-state index contributed by atoms with van der Waals surface area (Å²) in [5.41, 5.74) is 2.65. The van der Waals surface area contributed by atoms with Gasteiger partial charge in [-0.3, -0.25) is 4.79 Å². The molecule has 0 saturated carbocycles. The van der Waals surface area contributed by atoms with E-state index in [2.05, 4.69) is 31.9 Å². The summed E-state index contributed by atoms with van der Waals surface area (Å²) in [5, 5.41) is 10.3. The van der Waals surface area contributed by atoms with Crippen molar-refractivity contribution in [3.05, 3.63) is 42.4 Å². The highest BCUT2D eigenvalue weighted by molar-refractivity contribution is 6.06. The van der Waals surface area contributed by atoms with Gasteiger partial charge in [0.25, 0.3) is 0 Å². The molecule has 3 aromatic rings. The molecular formula is C15H13N6O. The maximum absolute atomic E-state index is 12.0. The summed E-state index contributed by atoms with van der Waals surface area (Å²) >= 11 is 0. The summed E-state index contributed by atoms with van der Waals surface area (Å²) in [4.78, 5) is 20.1. The molecule has 4 rings (SSSR count). The van der Waals surface area contributed by atoms with Crippen LogP contribution in [0.3, 0.4) is 0 Å². The third-order valence-electron chi connectivity index (χ3n) is 3.84. The minimum atomic E-state index is -0.504. The molecule has 0 spiro atoms. The monoisotopic (exact) mass is 293 g/mol. The fraction of sp³-hybridized carbons (Fsp3) is 0.200. The number of carbonyl (C=O) groups is 1. The summed E-state index contributed by atoms with van der Waals surface area (Å²) in [7, 11) is 0. The van der Waals surface area contributed by atoms with Crippen LogP contribution in [-0.2, 0) is 10.2 Å². The van der Waals surface area contributed by atoms with Gasteiger partial charge in [-0.1, -0.05) is 6.07 Å². The zero-order valence-electron chi connectivity index (χ0n) is 12.1. The number of amides is 1. The highest BCUT2D eigenvalue weighted by Crippen LogP contribution is 2.38. The van der Waals surface area contributed by atoms with E-state index >= 15 is 0 Å².